The summed E-state index contributed by atoms with van der Waals surface area (Å²) >= 11 is 0. The quantitative estimate of drug-likeness (QED) is 0.701. The third kappa shape index (κ3) is 3.80. The minimum absolute atomic E-state index is 0.147. The molecule has 126 valence electrons. The Balaban J connectivity index is 2.08. The van der Waals surface area contributed by atoms with E-state index in [-0.39, 0.29) is 11.1 Å². The molecule has 0 aliphatic carbocycles. The SMILES string of the molecule is O=C(O)c1ccc(-c2ccc(C(=O)O)cc2C#Cc2ccccc2)cc1. The van der Waals surface area contributed by atoms with Gasteiger partial charge in [0, 0.05) is 11.1 Å². The molecule has 0 amide bonds. The summed E-state index contributed by atoms with van der Waals surface area (Å²) in [5, 5.41) is 18.3. The van der Waals surface area contributed by atoms with Crippen molar-refractivity contribution in [2.75, 3.05) is 0 Å². The fourth-order valence-corrected chi connectivity index (χ4v) is 2.49. The highest BCUT2D eigenvalue weighted by atomic mass is 16.4. The molecule has 3 aromatic rings. The molecule has 0 aromatic heterocycles. The fourth-order valence-electron chi connectivity index (χ4n) is 2.49. The molecule has 0 radical (unpaired) electrons. The Morgan fingerprint density at radius 2 is 1.31 bits per heavy atom. The summed E-state index contributed by atoms with van der Waals surface area (Å²) in [6, 6.07) is 20.5. The summed E-state index contributed by atoms with van der Waals surface area (Å²) < 4.78 is 0. The first kappa shape index (κ1) is 17.0. The number of hydrogen-bond acceptors (Lipinski definition) is 2. The van der Waals surface area contributed by atoms with Gasteiger partial charge in [-0.25, -0.2) is 9.59 Å². The van der Waals surface area contributed by atoms with Gasteiger partial charge in [0.05, 0.1) is 11.1 Å². The molecule has 3 rings (SSSR count). The van der Waals surface area contributed by atoms with E-state index < -0.39 is 11.9 Å². The first-order chi connectivity index (χ1) is 12.5. The second-order valence-corrected chi connectivity index (χ2v) is 5.56. The number of rotatable bonds is 3. The van der Waals surface area contributed by atoms with E-state index in [1.807, 2.05) is 30.3 Å². The molecule has 3 aromatic carbocycles. The maximum Gasteiger partial charge on any atom is 0.335 e. The van der Waals surface area contributed by atoms with Gasteiger partial charge in [0.1, 0.15) is 0 Å². The van der Waals surface area contributed by atoms with Crippen LogP contribution >= 0.6 is 0 Å². The van der Waals surface area contributed by atoms with Crippen LogP contribution in [0.5, 0.6) is 0 Å². The first-order valence-electron chi connectivity index (χ1n) is 7.83. The molecule has 26 heavy (non-hydrogen) atoms. The molecule has 0 bridgehead atoms. The van der Waals surface area contributed by atoms with Crippen molar-refractivity contribution in [3.8, 4) is 23.0 Å². The lowest BCUT2D eigenvalue weighted by molar-refractivity contribution is 0.0686. The van der Waals surface area contributed by atoms with Gasteiger partial charge in [-0.3, -0.25) is 0 Å². The number of carboxylic acids is 2. The van der Waals surface area contributed by atoms with Crippen LogP contribution in [0, 0.1) is 11.8 Å². The van der Waals surface area contributed by atoms with Crippen LogP contribution in [0.1, 0.15) is 31.8 Å². The van der Waals surface area contributed by atoms with Crippen molar-refractivity contribution < 1.29 is 19.8 Å². The predicted molar refractivity (Wildman–Crippen MR) is 98.2 cm³/mol. The highest BCUT2D eigenvalue weighted by Crippen LogP contribution is 2.25. The van der Waals surface area contributed by atoms with Gasteiger partial charge in [-0.15, -0.1) is 0 Å². The summed E-state index contributed by atoms with van der Waals surface area (Å²) in [6.45, 7) is 0. The lowest BCUT2D eigenvalue weighted by Crippen LogP contribution is -1.98. The Kier molecular flexibility index (Phi) is 4.82. The summed E-state index contributed by atoms with van der Waals surface area (Å²) in [7, 11) is 0. The molecule has 0 saturated heterocycles. The molecular formula is C22H14O4. The number of carboxylic acid groups (broad SMARTS) is 2. The Morgan fingerprint density at radius 1 is 0.692 bits per heavy atom. The van der Waals surface area contributed by atoms with Crippen molar-refractivity contribution in [3.63, 3.8) is 0 Å². The monoisotopic (exact) mass is 342 g/mol. The van der Waals surface area contributed by atoms with Crippen LogP contribution in [-0.2, 0) is 0 Å². The molecule has 0 aliphatic rings. The van der Waals surface area contributed by atoms with Gasteiger partial charge >= 0.3 is 11.9 Å². The third-order valence-electron chi connectivity index (χ3n) is 3.82. The number of carbonyl (C=O) groups is 2. The first-order valence-corrected chi connectivity index (χ1v) is 7.83. The van der Waals surface area contributed by atoms with Crippen LogP contribution < -0.4 is 0 Å². The van der Waals surface area contributed by atoms with Gasteiger partial charge < -0.3 is 10.2 Å². The molecule has 2 N–H and O–H groups in total. The minimum atomic E-state index is -1.03. The van der Waals surface area contributed by atoms with Gasteiger partial charge in [0.2, 0.25) is 0 Å². The molecule has 0 spiro atoms. The topological polar surface area (TPSA) is 74.6 Å². The van der Waals surface area contributed by atoms with Crippen LogP contribution in [0.15, 0.2) is 72.8 Å². The van der Waals surface area contributed by atoms with Crippen molar-refractivity contribution in [1.29, 1.82) is 0 Å². The normalized spacial score (nSPS) is 9.85. The van der Waals surface area contributed by atoms with Gasteiger partial charge in [-0.05, 0) is 47.5 Å². The zero-order chi connectivity index (χ0) is 18.5. The average molecular weight is 342 g/mol. The molecule has 4 nitrogen and oxygen atoms in total. The maximum absolute atomic E-state index is 11.3. The van der Waals surface area contributed by atoms with E-state index in [0.29, 0.717) is 5.56 Å². The molecule has 0 saturated carbocycles. The Labute approximate surface area is 150 Å². The smallest absolute Gasteiger partial charge is 0.335 e. The van der Waals surface area contributed by atoms with Crippen LogP contribution in [0.4, 0.5) is 0 Å². The molecule has 0 aliphatic heterocycles. The molecule has 0 heterocycles. The lowest BCUT2D eigenvalue weighted by Gasteiger charge is -2.07. The van der Waals surface area contributed by atoms with Gasteiger partial charge in [0.25, 0.3) is 0 Å². The second-order valence-electron chi connectivity index (χ2n) is 5.56. The standard InChI is InChI=1S/C22H14O4/c23-21(24)17-10-8-16(9-11-17)20-13-12-19(22(25)26)14-18(20)7-6-15-4-2-1-3-5-15/h1-5,8-14H,(H,23,24)(H,25,26). The minimum Gasteiger partial charge on any atom is -0.478 e. The Morgan fingerprint density at radius 3 is 1.92 bits per heavy atom. The summed E-state index contributed by atoms with van der Waals surface area (Å²) in [4.78, 5) is 22.3. The van der Waals surface area contributed by atoms with E-state index >= 15 is 0 Å². The third-order valence-corrected chi connectivity index (χ3v) is 3.82. The van der Waals surface area contributed by atoms with E-state index in [1.54, 1.807) is 18.2 Å². The summed E-state index contributed by atoms with van der Waals surface area (Å²) in [5.74, 6) is 4.04. The summed E-state index contributed by atoms with van der Waals surface area (Å²) in [6.07, 6.45) is 0. The highest BCUT2D eigenvalue weighted by molar-refractivity contribution is 5.91. The predicted octanol–water partition coefficient (Wildman–Crippen LogP) is 4.15. The van der Waals surface area contributed by atoms with Crippen molar-refractivity contribution in [2.45, 2.75) is 0 Å². The molecule has 4 heteroatoms. The fraction of sp³-hybridized carbons (Fsp3) is 0. The molecule has 0 unspecified atom stereocenters. The van der Waals surface area contributed by atoms with Crippen LogP contribution in [0.25, 0.3) is 11.1 Å². The van der Waals surface area contributed by atoms with Crippen molar-refractivity contribution in [3.05, 3.63) is 95.1 Å². The number of aromatic carboxylic acids is 2. The van der Waals surface area contributed by atoms with E-state index in [0.717, 1.165) is 16.7 Å². The van der Waals surface area contributed by atoms with Crippen molar-refractivity contribution in [2.24, 2.45) is 0 Å². The molecule has 0 fully saturated rings. The average Bonchev–Trinajstić information content (AvgIpc) is 2.67. The number of benzene rings is 3. The van der Waals surface area contributed by atoms with E-state index in [9.17, 15) is 14.7 Å². The maximum atomic E-state index is 11.3. The highest BCUT2D eigenvalue weighted by Gasteiger charge is 2.10. The Bertz CT molecular complexity index is 1020. The van der Waals surface area contributed by atoms with Crippen LogP contribution in [-0.4, -0.2) is 22.2 Å². The zero-order valence-electron chi connectivity index (χ0n) is 13.6. The van der Waals surface area contributed by atoms with Gasteiger partial charge in [-0.2, -0.15) is 0 Å². The molecular weight excluding hydrogens is 328 g/mol. The zero-order valence-corrected chi connectivity index (χ0v) is 13.6. The largest absolute Gasteiger partial charge is 0.478 e. The Hall–Kier alpha value is -3.84. The molecule has 0 atom stereocenters. The van der Waals surface area contributed by atoms with Gasteiger partial charge in [-0.1, -0.05) is 48.2 Å². The van der Waals surface area contributed by atoms with E-state index in [4.69, 9.17) is 5.11 Å². The number of hydrogen-bond donors (Lipinski definition) is 2. The van der Waals surface area contributed by atoms with Crippen molar-refractivity contribution in [1.82, 2.24) is 0 Å². The van der Waals surface area contributed by atoms with Crippen LogP contribution in [0.2, 0.25) is 0 Å². The van der Waals surface area contributed by atoms with Gasteiger partial charge in [0.15, 0.2) is 0 Å². The van der Waals surface area contributed by atoms with E-state index in [1.165, 1.54) is 24.3 Å². The van der Waals surface area contributed by atoms with Crippen molar-refractivity contribution >= 4 is 11.9 Å². The second kappa shape index (κ2) is 7.37. The van der Waals surface area contributed by atoms with Crippen LogP contribution in [0.3, 0.4) is 0 Å². The van der Waals surface area contributed by atoms with E-state index in [2.05, 4.69) is 11.8 Å². The summed E-state index contributed by atoms with van der Waals surface area (Å²) in [5.41, 5.74) is 3.23. The lowest BCUT2D eigenvalue weighted by atomic mass is 9.96.